The molecule has 2 amide bonds. The van der Waals surface area contributed by atoms with Crippen LogP contribution in [0.4, 0.5) is 8.78 Å². The van der Waals surface area contributed by atoms with Crippen molar-refractivity contribution in [1.29, 1.82) is 0 Å². The van der Waals surface area contributed by atoms with E-state index in [1.54, 1.807) is 13.0 Å². The fourth-order valence-electron chi connectivity index (χ4n) is 4.01. The topological polar surface area (TPSA) is 121 Å². The summed E-state index contributed by atoms with van der Waals surface area (Å²) in [6.45, 7) is 3.02. The Bertz CT molecular complexity index is 1190. The van der Waals surface area contributed by atoms with Gasteiger partial charge in [-0.2, -0.15) is 5.10 Å². The van der Waals surface area contributed by atoms with Crippen molar-refractivity contribution in [2.24, 2.45) is 11.7 Å². The van der Waals surface area contributed by atoms with Crippen LogP contribution in [0.3, 0.4) is 0 Å². The van der Waals surface area contributed by atoms with Crippen LogP contribution in [-0.4, -0.2) is 51.6 Å². The Morgan fingerprint density at radius 2 is 2.12 bits per heavy atom. The number of alkyl halides is 2. The van der Waals surface area contributed by atoms with E-state index in [0.717, 1.165) is 24.3 Å². The number of fused-ring (bicyclic) bond motifs is 1. The Balaban J connectivity index is 1.27. The molecule has 3 heterocycles. The number of ether oxygens (including phenoxy) is 2. The average Bonchev–Trinajstić information content (AvgIpc) is 3.33. The highest BCUT2D eigenvalue weighted by molar-refractivity contribution is 7.13. The molecule has 3 aromatic rings. The maximum atomic E-state index is 12.8. The number of aryl methyl sites for hydroxylation is 1. The minimum Gasteiger partial charge on any atom is -0.486 e. The summed E-state index contributed by atoms with van der Waals surface area (Å²) in [5, 5.41) is 7.84. The lowest BCUT2D eigenvalue weighted by molar-refractivity contribution is 0.0514. The number of carbonyl (C=O) groups excluding carboxylic acids is 2. The van der Waals surface area contributed by atoms with Crippen LogP contribution < -0.4 is 20.5 Å². The van der Waals surface area contributed by atoms with Crippen LogP contribution in [0.5, 0.6) is 11.6 Å². The van der Waals surface area contributed by atoms with Gasteiger partial charge in [-0.15, -0.1) is 11.3 Å². The van der Waals surface area contributed by atoms with E-state index in [0.29, 0.717) is 27.8 Å². The second-order valence-electron chi connectivity index (χ2n) is 8.37. The zero-order valence-electron chi connectivity index (χ0n) is 18.7. The largest absolute Gasteiger partial charge is 0.486 e. The van der Waals surface area contributed by atoms with Crippen LogP contribution in [0.1, 0.15) is 51.2 Å². The minimum absolute atomic E-state index is 0.0337. The lowest BCUT2D eigenvalue weighted by atomic mass is 9.78. The van der Waals surface area contributed by atoms with Gasteiger partial charge in [-0.1, -0.05) is 0 Å². The van der Waals surface area contributed by atoms with E-state index in [1.165, 1.54) is 34.3 Å². The highest BCUT2D eigenvalue weighted by atomic mass is 32.1. The molecule has 182 valence electrons. The third-order valence-corrected chi connectivity index (χ3v) is 6.54. The first-order valence-corrected chi connectivity index (χ1v) is 11.6. The predicted molar refractivity (Wildman–Crippen MR) is 121 cm³/mol. The van der Waals surface area contributed by atoms with Gasteiger partial charge in [0.2, 0.25) is 5.88 Å². The molecule has 34 heavy (non-hydrogen) atoms. The molecule has 3 N–H and O–H groups in total. The van der Waals surface area contributed by atoms with Crippen LogP contribution in [0.15, 0.2) is 24.5 Å². The molecule has 1 atom stereocenters. The second kappa shape index (κ2) is 9.92. The number of hydrogen-bond acceptors (Lipinski definition) is 7. The van der Waals surface area contributed by atoms with Gasteiger partial charge >= 0.3 is 0 Å². The van der Waals surface area contributed by atoms with Crippen molar-refractivity contribution >= 4 is 28.7 Å². The molecule has 3 aromatic heterocycles. The number of rotatable bonds is 10. The van der Waals surface area contributed by atoms with E-state index < -0.39 is 18.9 Å². The first-order chi connectivity index (χ1) is 16.2. The predicted octanol–water partition coefficient (Wildman–Crippen LogP) is 3.21. The van der Waals surface area contributed by atoms with Crippen molar-refractivity contribution in [1.82, 2.24) is 19.9 Å². The van der Waals surface area contributed by atoms with Crippen molar-refractivity contribution in [3.63, 3.8) is 0 Å². The lowest BCUT2D eigenvalue weighted by Crippen LogP contribution is -2.40. The van der Waals surface area contributed by atoms with Crippen LogP contribution in [0.2, 0.25) is 0 Å². The van der Waals surface area contributed by atoms with Gasteiger partial charge in [0.05, 0.1) is 28.5 Å². The van der Waals surface area contributed by atoms with E-state index in [-0.39, 0.29) is 23.8 Å². The number of pyridine rings is 1. The number of thiazole rings is 1. The molecule has 1 fully saturated rings. The van der Waals surface area contributed by atoms with E-state index in [9.17, 15) is 18.4 Å². The molecule has 4 rings (SSSR count). The fraction of sp³-hybridized carbons (Fsp3) is 0.455. The fourth-order valence-corrected chi connectivity index (χ4v) is 4.72. The molecule has 0 aliphatic heterocycles. The van der Waals surface area contributed by atoms with Crippen molar-refractivity contribution in [3.8, 4) is 11.6 Å². The van der Waals surface area contributed by atoms with Crippen molar-refractivity contribution in [3.05, 3.63) is 40.0 Å². The summed E-state index contributed by atoms with van der Waals surface area (Å²) in [6, 6.07) is 3.06. The highest BCUT2D eigenvalue weighted by Crippen LogP contribution is 2.36. The molecule has 9 nitrogen and oxygen atoms in total. The number of nitrogens with zero attached hydrogens (tertiary/aromatic N) is 3. The summed E-state index contributed by atoms with van der Waals surface area (Å²) in [5.74, 6) is 0.109. The van der Waals surface area contributed by atoms with Gasteiger partial charge in [-0.25, -0.2) is 18.3 Å². The molecule has 0 spiro atoms. The zero-order valence-corrected chi connectivity index (χ0v) is 19.5. The Labute approximate surface area is 198 Å². The SMILES string of the molecule is Cc1nc(OC2CC(C[C@H](C)NC(=O)c3cnn4cc(OCC(F)F)ccc34)C2)c(C(N)=O)s1. The van der Waals surface area contributed by atoms with Crippen molar-refractivity contribution in [2.75, 3.05) is 6.61 Å². The maximum Gasteiger partial charge on any atom is 0.272 e. The number of nitrogens with two attached hydrogens (primary N) is 1. The number of aromatic nitrogens is 3. The van der Waals surface area contributed by atoms with Gasteiger partial charge < -0.3 is 20.5 Å². The van der Waals surface area contributed by atoms with Gasteiger partial charge in [0.1, 0.15) is 18.5 Å². The smallest absolute Gasteiger partial charge is 0.272 e. The van der Waals surface area contributed by atoms with Gasteiger partial charge in [0, 0.05) is 6.04 Å². The molecule has 0 unspecified atom stereocenters. The monoisotopic (exact) mass is 493 g/mol. The first kappa shape index (κ1) is 23.9. The van der Waals surface area contributed by atoms with Gasteiger partial charge in [-0.05, 0) is 51.2 Å². The molecule has 12 heteroatoms. The van der Waals surface area contributed by atoms with Crippen LogP contribution in [0, 0.1) is 12.8 Å². The van der Waals surface area contributed by atoms with E-state index in [2.05, 4.69) is 15.4 Å². The Kier molecular flexibility index (Phi) is 6.96. The molecule has 1 aliphatic carbocycles. The van der Waals surface area contributed by atoms with E-state index in [1.807, 2.05) is 6.92 Å². The maximum absolute atomic E-state index is 12.8. The molecule has 0 aromatic carbocycles. The third-order valence-electron chi connectivity index (χ3n) is 5.57. The van der Waals surface area contributed by atoms with Gasteiger partial charge in [0.25, 0.3) is 18.2 Å². The summed E-state index contributed by atoms with van der Waals surface area (Å²) in [5.41, 5.74) is 6.32. The number of carbonyl (C=O) groups is 2. The molecule has 0 radical (unpaired) electrons. The summed E-state index contributed by atoms with van der Waals surface area (Å²) in [6.07, 6.45) is 2.66. The summed E-state index contributed by atoms with van der Waals surface area (Å²) in [4.78, 5) is 28.9. The molecule has 1 saturated carbocycles. The van der Waals surface area contributed by atoms with E-state index in [4.69, 9.17) is 15.2 Å². The minimum atomic E-state index is -2.57. The summed E-state index contributed by atoms with van der Waals surface area (Å²) < 4.78 is 36.9. The molecule has 0 saturated heterocycles. The second-order valence-corrected chi connectivity index (χ2v) is 9.58. The number of nitrogens with one attached hydrogen (secondary N) is 1. The zero-order chi connectivity index (χ0) is 24.4. The van der Waals surface area contributed by atoms with Gasteiger partial charge in [0.15, 0.2) is 4.88 Å². The molecule has 1 aliphatic rings. The average molecular weight is 494 g/mol. The highest BCUT2D eigenvalue weighted by Gasteiger charge is 2.34. The molecular weight excluding hydrogens is 468 g/mol. The van der Waals surface area contributed by atoms with Crippen LogP contribution >= 0.6 is 11.3 Å². The number of hydrogen-bond donors (Lipinski definition) is 2. The summed E-state index contributed by atoms with van der Waals surface area (Å²) in [7, 11) is 0. The third kappa shape index (κ3) is 5.44. The Hall–Kier alpha value is -3.28. The van der Waals surface area contributed by atoms with Crippen molar-refractivity contribution < 1.29 is 27.8 Å². The quantitative estimate of drug-likeness (QED) is 0.447. The Morgan fingerprint density at radius 1 is 1.35 bits per heavy atom. The summed E-state index contributed by atoms with van der Waals surface area (Å²) >= 11 is 1.22. The molecular formula is C22H25F2N5O4S. The van der Waals surface area contributed by atoms with Crippen LogP contribution in [0.25, 0.3) is 5.52 Å². The number of amides is 2. The number of primary amides is 1. The number of halogens is 2. The standard InChI is InChI=1S/C22H25F2N5O4S/c1-11(5-13-6-15(7-13)33-22-19(20(25)30)34-12(2)28-22)27-21(31)16-8-26-29-9-14(3-4-17(16)29)32-10-18(23)24/h3-4,8-9,11,13,15,18H,5-7,10H2,1-2H3,(H2,25,30)(H,27,31)/t11-,13?,15?/m0/s1. The first-order valence-electron chi connectivity index (χ1n) is 10.8. The van der Waals surface area contributed by atoms with Gasteiger partial charge in [-0.3, -0.25) is 9.59 Å². The molecule has 0 bridgehead atoms. The normalized spacial score (nSPS) is 18.5. The van der Waals surface area contributed by atoms with E-state index >= 15 is 0 Å². The van der Waals surface area contributed by atoms with Crippen LogP contribution in [-0.2, 0) is 0 Å². The Morgan fingerprint density at radius 3 is 2.82 bits per heavy atom. The lowest BCUT2D eigenvalue weighted by Gasteiger charge is -2.36. The van der Waals surface area contributed by atoms with Crippen molar-refractivity contribution in [2.45, 2.75) is 51.7 Å².